The molecule has 4 nitrogen and oxygen atoms in total. The van der Waals surface area contributed by atoms with Crippen LogP contribution in [0.2, 0.25) is 0 Å². The van der Waals surface area contributed by atoms with Crippen LogP contribution in [0.4, 0.5) is 4.79 Å². The first-order chi connectivity index (χ1) is 4.20. The quantitative estimate of drug-likeness (QED) is 0.438. The van der Waals surface area contributed by atoms with Crippen molar-refractivity contribution in [2.24, 2.45) is 5.73 Å². The number of likely N-dealkylation sites (tertiary alicyclic amines) is 1. The molecule has 9 heavy (non-hydrogen) atoms. The molecule has 1 aliphatic rings. The minimum absolute atomic E-state index is 0.343. The van der Waals surface area contributed by atoms with Crippen LogP contribution in [0.3, 0.4) is 0 Å². The summed E-state index contributed by atoms with van der Waals surface area (Å²) in [6, 6.07) is -0.470. The summed E-state index contributed by atoms with van der Waals surface area (Å²) < 4.78 is 0. The van der Waals surface area contributed by atoms with Gasteiger partial charge in [-0.2, -0.15) is 0 Å². The van der Waals surface area contributed by atoms with Gasteiger partial charge in [-0.05, 0) is 0 Å². The Labute approximate surface area is 53.2 Å². The molecule has 1 aliphatic heterocycles. The minimum Gasteiger partial charge on any atom is -0.391 e. The molecule has 1 fully saturated rings. The maximum Gasteiger partial charge on any atom is 0.314 e. The number of nitrogens with zero attached hydrogens (tertiary/aromatic N) is 1. The SMILES string of the molecule is NC(=O)N1C[CH]C(O)C1. The fourth-order valence-corrected chi connectivity index (χ4v) is 0.804. The fourth-order valence-electron chi connectivity index (χ4n) is 0.804. The molecule has 0 aromatic rings. The highest BCUT2D eigenvalue weighted by atomic mass is 16.3. The average molecular weight is 129 g/mol. The van der Waals surface area contributed by atoms with Crippen LogP contribution in [-0.2, 0) is 0 Å². The predicted molar refractivity (Wildman–Crippen MR) is 31.5 cm³/mol. The summed E-state index contributed by atoms with van der Waals surface area (Å²) in [6.07, 6.45) is 1.16. The molecule has 2 amide bonds. The third kappa shape index (κ3) is 1.32. The molecule has 1 rings (SSSR count). The van der Waals surface area contributed by atoms with E-state index in [0.29, 0.717) is 13.1 Å². The van der Waals surface area contributed by atoms with Crippen molar-refractivity contribution in [1.29, 1.82) is 0 Å². The number of primary amides is 1. The van der Waals surface area contributed by atoms with E-state index in [0.717, 1.165) is 0 Å². The Bertz CT molecular complexity index is 126. The number of urea groups is 1. The van der Waals surface area contributed by atoms with Crippen LogP contribution < -0.4 is 5.73 Å². The van der Waals surface area contributed by atoms with Crippen molar-refractivity contribution in [3.8, 4) is 0 Å². The van der Waals surface area contributed by atoms with Crippen LogP contribution in [-0.4, -0.2) is 35.2 Å². The zero-order valence-corrected chi connectivity index (χ0v) is 4.95. The van der Waals surface area contributed by atoms with E-state index in [4.69, 9.17) is 10.8 Å². The molecule has 1 atom stereocenters. The number of β-amino-alcohol motifs (C(OH)–C–C–N with tert-alkyl or cyclic N) is 1. The monoisotopic (exact) mass is 129 g/mol. The van der Waals surface area contributed by atoms with Gasteiger partial charge in [0.15, 0.2) is 0 Å². The summed E-state index contributed by atoms with van der Waals surface area (Å²) in [6.45, 7) is 0.811. The maximum atomic E-state index is 10.4. The Morgan fingerprint density at radius 2 is 2.56 bits per heavy atom. The molecular weight excluding hydrogens is 120 g/mol. The number of hydrogen-bond acceptors (Lipinski definition) is 2. The Morgan fingerprint density at radius 3 is 2.78 bits per heavy atom. The topological polar surface area (TPSA) is 66.6 Å². The van der Waals surface area contributed by atoms with Gasteiger partial charge in [0, 0.05) is 19.5 Å². The summed E-state index contributed by atoms with van der Waals surface area (Å²) in [5, 5.41) is 8.84. The highest BCUT2D eigenvalue weighted by molar-refractivity contribution is 5.72. The third-order valence-corrected chi connectivity index (χ3v) is 1.32. The number of nitrogens with two attached hydrogens (primary N) is 1. The van der Waals surface area contributed by atoms with Gasteiger partial charge in [-0.15, -0.1) is 0 Å². The van der Waals surface area contributed by atoms with Crippen LogP contribution in [0, 0.1) is 6.42 Å². The first-order valence-corrected chi connectivity index (χ1v) is 2.76. The summed E-state index contributed by atoms with van der Waals surface area (Å²) in [5.41, 5.74) is 4.92. The number of hydrogen-bond donors (Lipinski definition) is 2. The van der Waals surface area contributed by atoms with Crippen molar-refractivity contribution in [2.45, 2.75) is 6.10 Å². The Balaban J connectivity index is 2.39. The van der Waals surface area contributed by atoms with Gasteiger partial charge in [0.05, 0.1) is 6.10 Å². The second-order valence-electron chi connectivity index (χ2n) is 2.05. The van der Waals surface area contributed by atoms with Gasteiger partial charge < -0.3 is 15.7 Å². The van der Waals surface area contributed by atoms with Crippen LogP contribution in [0.1, 0.15) is 0 Å². The van der Waals surface area contributed by atoms with Gasteiger partial charge in [0.2, 0.25) is 0 Å². The largest absolute Gasteiger partial charge is 0.391 e. The molecular formula is C5H9N2O2. The second kappa shape index (κ2) is 2.23. The molecule has 4 heteroatoms. The summed E-state index contributed by atoms with van der Waals surface area (Å²) in [5.74, 6) is 0. The summed E-state index contributed by atoms with van der Waals surface area (Å²) in [4.78, 5) is 11.7. The number of aliphatic hydroxyl groups excluding tert-OH is 1. The molecule has 0 aromatic carbocycles. The van der Waals surface area contributed by atoms with Crippen molar-refractivity contribution < 1.29 is 9.90 Å². The van der Waals surface area contributed by atoms with E-state index < -0.39 is 12.1 Å². The number of rotatable bonds is 0. The van der Waals surface area contributed by atoms with Gasteiger partial charge >= 0.3 is 6.03 Å². The van der Waals surface area contributed by atoms with E-state index >= 15 is 0 Å². The lowest BCUT2D eigenvalue weighted by molar-refractivity contribution is 0.187. The normalized spacial score (nSPS) is 26.8. The second-order valence-corrected chi connectivity index (χ2v) is 2.05. The molecule has 1 heterocycles. The lowest BCUT2D eigenvalue weighted by atomic mass is 10.3. The lowest BCUT2D eigenvalue weighted by Gasteiger charge is -2.09. The smallest absolute Gasteiger partial charge is 0.314 e. The number of amides is 2. The van der Waals surface area contributed by atoms with E-state index in [1.807, 2.05) is 0 Å². The van der Waals surface area contributed by atoms with Crippen molar-refractivity contribution >= 4 is 6.03 Å². The number of carbonyl (C=O) groups excluding carboxylic acids is 1. The van der Waals surface area contributed by atoms with Crippen molar-refractivity contribution in [1.82, 2.24) is 4.90 Å². The Hall–Kier alpha value is -0.770. The summed E-state index contributed by atoms with van der Waals surface area (Å²) in [7, 11) is 0. The molecule has 0 spiro atoms. The number of carbonyl (C=O) groups is 1. The predicted octanol–water partition coefficient (Wildman–Crippen LogP) is -1.05. The molecule has 1 unspecified atom stereocenters. The summed E-state index contributed by atoms with van der Waals surface area (Å²) >= 11 is 0. The zero-order valence-electron chi connectivity index (χ0n) is 4.95. The Morgan fingerprint density at radius 1 is 1.89 bits per heavy atom. The highest BCUT2D eigenvalue weighted by Crippen LogP contribution is 2.05. The van der Waals surface area contributed by atoms with Crippen molar-refractivity contribution in [2.75, 3.05) is 13.1 Å². The zero-order chi connectivity index (χ0) is 6.85. The van der Waals surface area contributed by atoms with Crippen molar-refractivity contribution in [3.63, 3.8) is 0 Å². The van der Waals surface area contributed by atoms with E-state index in [2.05, 4.69) is 0 Å². The van der Waals surface area contributed by atoms with E-state index in [9.17, 15) is 4.79 Å². The fraction of sp³-hybridized carbons (Fsp3) is 0.600. The maximum absolute atomic E-state index is 10.4. The van der Waals surface area contributed by atoms with Crippen LogP contribution in [0.25, 0.3) is 0 Å². The first-order valence-electron chi connectivity index (χ1n) is 2.76. The molecule has 1 radical (unpaired) electrons. The molecule has 0 aromatic heterocycles. The molecule has 0 bridgehead atoms. The number of aliphatic hydroxyl groups is 1. The third-order valence-electron chi connectivity index (χ3n) is 1.32. The van der Waals surface area contributed by atoms with Gasteiger partial charge in [-0.1, -0.05) is 0 Å². The highest BCUT2D eigenvalue weighted by Gasteiger charge is 2.22. The molecule has 51 valence electrons. The minimum atomic E-state index is -0.488. The van der Waals surface area contributed by atoms with E-state index in [1.165, 1.54) is 4.90 Å². The van der Waals surface area contributed by atoms with Crippen LogP contribution in [0.15, 0.2) is 0 Å². The van der Waals surface area contributed by atoms with Crippen molar-refractivity contribution in [3.05, 3.63) is 6.42 Å². The van der Waals surface area contributed by atoms with Gasteiger partial charge in [-0.3, -0.25) is 0 Å². The molecule has 0 saturated carbocycles. The van der Waals surface area contributed by atoms with E-state index in [-0.39, 0.29) is 0 Å². The van der Waals surface area contributed by atoms with Gasteiger partial charge in [0.25, 0.3) is 0 Å². The van der Waals surface area contributed by atoms with Crippen LogP contribution in [0.5, 0.6) is 0 Å². The van der Waals surface area contributed by atoms with Crippen LogP contribution >= 0.6 is 0 Å². The first kappa shape index (κ1) is 6.35. The van der Waals surface area contributed by atoms with Gasteiger partial charge in [0.1, 0.15) is 0 Å². The molecule has 0 aliphatic carbocycles. The van der Waals surface area contributed by atoms with Gasteiger partial charge in [-0.25, -0.2) is 4.79 Å². The molecule has 1 saturated heterocycles. The Kier molecular flexibility index (Phi) is 1.57. The lowest BCUT2D eigenvalue weighted by Crippen LogP contribution is -2.34. The van der Waals surface area contributed by atoms with E-state index in [1.54, 1.807) is 6.42 Å². The average Bonchev–Trinajstić information content (AvgIpc) is 2.14. The standard InChI is InChI=1S/C5H9N2O2/c6-5(9)7-2-1-4(8)3-7/h1,4,8H,2-3H2,(H2,6,9). The molecule has 3 N–H and O–H groups in total.